The van der Waals surface area contributed by atoms with Gasteiger partial charge in [0.2, 0.25) is 5.89 Å². The molecule has 0 radical (unpaired) electrons. The van der Waals surface area contributed by atoms with Crippen LogP contribution >= 0.6 is 27.3 Å². The van der Waals surface area contributed by atoms with Crippen molar-refractivity contribution in [3.05, 3.63) is 26.7 Å². The van der Waals surface area contributed by atoms with E-state index in [4.69, 9.17) is 4.42 Å². The summed E-state index contributed by atoms with van der Waals surface area (Å²) < 4.78 is 6.75. The van der Waals surface area contributed by atoms with Crippen LogP contribution in [-0.4, -0.2) is 23.3 Å². The van der Waals surface area contributed by atoms with Crippen molar-refractivity contribution in [3.63, 3.8) is 0 Å². The van der Waals surface area contributed by atoms with Crippen molar-refractivity contribution in [2.75, 3.05) is 11.9 Å². The van der Waals surface area contributed by atoms with Gasteiger partial charge in [0.25, 0.3) is 0 Å². The van der Waals surface area contributed by atoms with Crippen LogP contribution in [0, 0.1) is 0 Å². The number of rotatable bonds is 6. The van der Waals surface area contributed by atoms with Crippen LogP contribution in [0.5, 0.6) is 0 Å². The molecule has 7 heteroatoms. The molecule has 0 aliphatic heterocycles. The van der Waals surface area contributed by atoms with E-state index in [2.05, 4.69) is 42.9 Å². The molecule has 1 aliphatic carbocycles. The van der Waals surface area contributed by atoms with E-state index in [0.717, 1.165) is 11.0 Å². The average molecular weight is 343 g/mol. The molecule has 0 saturated heterocycles. The van der Waals surface area contributed by atoms with Crippen LogP contribution in [-0.2, 0) is 13.1 Å². The van der Waals surface area contributed by atoms with Crippen molar-refractivity contribution < 1.29 is 4.42 Å². The first-order chi connectivity index (χ1) is 9.20. The summed E-state index contributed by atoms with van der Waals surface area (Å²) in [5.74, 6) is 0.654. The predicted octanol–water partition coefficient (Wildman–Crippen LogP) is 2.78. The molecular formula is C12H15BrN4OS. The lowest BCUT2D eigenvalue weighted by molar-refractivity contribution is 0.464. The molecule has 5 nitrogen and oxygen atoms in total. The molecule has 2 heterocycles. The third-order valence-corrected chi connectivity index (χ3v) is 4.60. The van der Waals surface area contributed by atoms with E-state index in [1.54, 1.807) is 11.3 Å². The maximum atomic E-state index is 5.64. The van der Waals surface area contributed by atoms with Gasteiger partial charge in [0, 0.05) is 27.8 Å². The summed E-state index contributed by atoms with van der Waals surface area (Å²) in [4.78, 5) is 3.22. The molecule has 0 atom stereocenters. The van der Waals surface area contributed by atoms with Crippen LogP contribution in [0.4, 0.5) is 6.01 Å². The summed E-state index contributed by atoms with van der Waals surface area (Å²) in [6.45, 7) is 1.43. The number of halogens is 1. The van der Waals surface area contributed by atoms with Gasteiger partial charge in [-0.3, -0.25) is 0 Å². The van der Waals surface area contributed by atoms with Crippen molar-refractivity contribution in [1.29, 1.82) is 0 Å². The Morgan fingerprint density at radius 3 is 3.05 bits per heavy atom. The molecule has 1 N–H and O–H groups in total. The smallest absolute Gasteiger partial charge is 0.318 e. The van der Waals surface area contributed by atoms with Crippen LogP contribution in [0.25, 0.3) is 0 Å². The highest BCUT2D eigenvalue weighted by molar-refractivity contribution is 9.10. The Hall–Kier alpha value is -0.920. The summed E-state index contributed by atoms with van der Waals surface area (Å²) >= 11 is 5.17. The minimum absolute atomic E-state index is 0.567. The summed E-state index contributed by atoms with van der Waals surface area (Å²) in [7, 11) is 1.96. The zero-order valence-corrected chi connectivity index (χ0v) is 13.0. The molecule has 19 heavy (non-hydrogen) atoms. The van der Waals surface area contributed by atoms with Crippen LogP contribution in [0.3, 0.4) is 0 Å². The Kier molecular flexibility index (Phi) is 3.86. The Labute approximate surface area is 124 Å². The molecule has 1 saturated carbocycles. The molecule has 0 spiro atoms. The third-order valence-electron chi connectivity index (χ3n) is 2.92. The minimum Gasteiger partial charge on any atom is -0.407 e. The fourth-order valence-electron chi connectivity index (χ4n) is 1.73. The molecule has 0 aromatic carbocycles. The monoisotopic (exact) mass is 342 g/mol. The van der Waals surface area contributed by atoms with Gasteiger partial charge < -0.3 is 14.6 Å². The Morgan fingerprint density at radius 1 is 1.53 bits per heavy atom. The number of nitrogens with one attached hydrogen (secondary N) is 1. The largest absolute Gasteiger partial charge is 0.407 e. The highest BCUT2D eigenvalue weighted by Crippen LogP contribution is 2.23. The second-order valence-corrected chi connectivity index (χ2v) is 6.63. The second-order valence-electron chi connectivity index (χ2n) is 4.72. The number of hydrogen-bond donors (Lipinski definition) is 1. The summed E-state index contributed by atoms with van der Waals surface area (Å²) in [6.07, 6.45) is 2.52. The first-order valence-electron chi connectivity index (χ1n) is 6.20. The van der Waals surface area contributed by atoms with Crippen molar-refractivity contribution in [2.45, 2.75) is 32.0 Å². The number of thiophene rings is 1. The van der Waals surface area contributed by atoms with E-state index in [0.29, 0.717) is 24.5 Å². The minimum atomic E-state index is 0.567. The maximum Gasteiger partial charge on any atom is 0.318 e. The molecule has 102 valence electrons. The van der Waals surface area contributed by atoms with Gasteiger partial charge in [-0.15, -0.1) is 16.4 Å². The normalized spacial score (nSPS) is 14.8. The third kappa shape index (κ3) is 3.55. The summed E-state index contributed by atoms with van der Waals surface area (Å²) in [5.41, 5.74) is 0. The lowest BCUT2D eigenvalue weighted by Crippen LogP contribution is -2.16. The molecule has 2 aromatic heterocycles. The van der Waals surface area contributed by atoms with E-state index in [1.165, 1.54) is 17.7 Å². The van der Waals surface area contributed by atoms with Crippen molar-refractivity contribution in [1.82, 2.24) is 15.5 Å². The van der Waals surface area contributed by atoms with Crippen LogP contribution < -0.4 is 10.2 Å². The van der Waals surface area contributed by atoms with Crippen molar-refractivity contribution >= 4 is 33.3 Å². The highest BCUT2D eigenvalue weighted by atomic mass is 79.9. The fourth-order valence-corrected chi connectivity index (χ4v) is 3.23. The van der Waals surface area contributed by atoms with E-state index in [-0.39, 0.29) is 0 Å². The Balaban J connectivity index is 1.57. The quantitative estimate of drug-likeness (QED) is 0.874. The van der Waals surface area contributed by atoms with Crippen molar-refractivity contribution in [2.24, 2.45) is 0 Å². The fraction of sp³-hybridized carbons (Fsp3) is 0.500. The molecule has 0 unspecified atom stereocenters. The van der Waals surface area contributed by atoms with Gasteiger partial charge in [0.05, 0.1) is 13.1 Å². The van der Waals surface area contributed by atoms with Gasteiger partial charge >= 0.3 is 6.01 Å². The van der Waals surface area contributed by atoms with Crippen molar-refractivity contribution in [3.8, 4) is 0 Å². The SMILES string of the molecule is CN(Cc1cc(Br)cs1)c1nnc(CNC2CC2)o1. The second kappa shape index (κ2) is 5.60. The number of anilines is 1. The maximum absolute atomic E-state index is 5.64. The van der Waals surface area contributed by atoms with Gasteiger partial charge in [-0.1, -0.05) is 5.10 Å². The lowest BCUT2D eigenvalue weighted by Gasteiger charge is -2.11. The standard InChI is InChI=1S/C12H15BrN4OS/c1-17(6-10-4-8(13)7-19-10)12-16-15-11(18-12)5-14-9-2-3-9/h4,7,9,14H,2-3,5-6H2,1H3. The first kappa shape index (κ1) is 13.1. The Morgan fingerprint density at radius 2 is 2.37 bits per heavy atom. The first-order valence-corrected chi connectivity index (χ1v) is 7.88. The lowest BCUT2D eigenvalue weighted by atomic mass is 10.4. The van der Waals surface area contributed by atoms with E-state index in [9.17, 15) is 0 Å². The molecule has 1 aliphatic rings. The summed E-state index contributed by atoms with van der Waals surface area (Å²) in [6, 6.07) is 3.32. The summed E-state index contributed by atoms with van der Waals surface area (Å²) in [5, 5.41) is 13.6. The van der Waals surface area contributed by atoms with Gasteiger partial charge in [0.1, 0.15) is 0 Å². The average Bonchev–Trinajstić information content (AvgIpc) is 2.94. The van der Waals surface area contributed by atoms with E-state index >= 15 is 0 Å². The number of nitrogens with zero attached hydrogens (tertiary/aromatic N) is 3. The molecule has 0 amide bonds. The predicted molar refractivity (Wildman–Crippen MR) is 78.3 cm³/mol. The van der Waals surface area contributed by atoms with Crippen LogP contribution in [0.1, 0.15) is 23.6 Å². The van der Waals surface area contributed by atoms with Gasteiger partial charge in [-0.2, -0.15) is 0 Å². The molecule has 1 fully saturated rings. The van der Waals surface area contributed by atoms with Gasteiger partial charge in [-0.25, -0.2) is 0 Å². The number of hydrogen-bond acceptors (Lipinski definition) is 6. The number of aromatic nitrogens is 2. The molecule has 3 rings (SSSR count). The highest BCUT2D eigenvalue weighted by Gasteiger charge is 2.21. The molecule has 2 aromatic rings. The zero-order chi connectivity index (χ0) is 13.2. The Bertz CT molecular complexity index is 551. The van der Waals surface area contributed by atoms with Crippen LogP contribution in [0.2, 0.25) is 0 Å². The zero-order valence-electron chi connectivity index (χ0n) is 10.6. The van der Waals surface area contributed by atoms with E-state index < -0.39 is 0 Å². The van der Waals surface area contributed by atoms with Gasteiger partial charge in [-0.05, 0) is 34.8 Å². The van der Waals surface area contributed by atoms with Crippen LogP contribution in [0.15, 0.2) is 20.3 Å². The molecular weight excluding hydrogens is 328 g/mol. The van der Waals surface area contributed by atoms with E-state index in [1.807, 2.05) is 11.9 Å². The van der Waals surface area contributed by atoms with Gasteiger partial charge in [0.15, 0.2) is 0 Å². The topological polar surface area (TPSA) is 54.2 Å². The molecule has 0 bridgehead atoms.